The van der Waals surface area contributed by atoms with E-state index in [0.29, 0.717) is 23.5 Å². The minimum absolute atomic E-state index is 0.0150. The Kier molecular flexibility index (Phi) is 4.84. The standard InChI is InChI=1S/C18H17N5O4/c1-11-16(23(26)27)12(2)22(21-11)10-13-5-7-14(8-6-13)18(25)20-17-15(24)4-3-9-19-17/h3-9,24H,10H2,1-2H3,(H,19,20,25). The van der Waals surface area contributed by atoms with E-state index in [0.717, 1.165) is 5.56 Å². The zero-order chi connectivity index (χ0) is 19.6. The summed E-state index contributed by atoms with van der Waals surface area (Å²) in [5.41, 5.74) is 2.09. The highest BCUT2D eigenvalue weighted by atomic mass is 16.6. The molecule has 0 radical (unpaired) electrons. The Bertz CT molecular complexity index is 1010. The van der Waals surface area contributed by atoms with Gasteiger partial charge in [-0.1, -0.05) is 12.1 Å². The summed E-state index contributed by atoms with van der Waals surface area (Å²) in [7, 11) is 0. The number of carbonyl (C=O) groups excluding carboxylic acids is 1. The van der Waals surface area contributed by atoms with E-state index >= 15 is 0 Å². The van der Waals surface area contributed by atoms with Crippen molar-refractivity contribution in [3.8, 4) is 5.75 Å². The molecule has 1 amide bonds. The number of benzene rings is 1. The number of nitrogens with one attached hydrogen (secondary N) is 1. The predicted molar refractivity (Wildman–Crippen MR) is 97.8 cm³/mol. The van der Waals surface area contributed by atoms with Crippen molar-refractivity contribution in [2.24, 2.45) is 0 Å². The van der Waals surface area contributed by atoms with Gasteiger partial charge in [0.1, 0.15) is 11.4 Å². The summed E-state index contributed by atoms with van der Waals surface area (Å²) in [6, 6.07) is 9.74. The number of anilines is 1. The molecule has 27 heavy (non-hydrogen) atoms. The number of carbonyl (C=O) groups is 1. The van der Waals surface area contributed by atoms with Crippen LogP contribution in [0.15, 0.2) is 42.6 Å². The number of nitro groups is 1. The minimum Gasteiger partial charge on any atom is -0.504 e. The van der Waals surface area contributed by atoms with Crippen molar-refractivity contribution in [3.63, 3.8) is 0 Å². The predicted octanol–water partition coefficient (Wildman–Crippen LogP) is 2.81. The third-order valence-corrected chi connectivity index (χ3v) is 4.09. The molecule has 9 nitrogen and oxygen atoms in total. The average Bonchev–Trinajstić information content (AvgIpc) is 2.91. The summed E-state index contributed by atoms with van der Waals surface area (Å²) >= 11 is 0. The Morgan fingerprint density at radius 3 is 2.56 bits per heavy atom. The van der Waals surface area contributed by atoms with Gasteiger partial charge in [0.25, 0.3) is 5.91 Å². The SMILES string of the molecule is Cc1nn(Cc2ccc(C(=O)Nc3ncccc3O)cc2)c(C)c1[N+](=O)[O-]. The molecule has 0 spiro atoms. The van der Waals surface area contributed by atoms with Crippen molar-refractivity contribution in [2.45, 2.75) is 20.4 Å². The van der Waals surface area contributed by atoms with Crippen LogP contribution in [0.1, 0.15) is 27.3 Å². The summed E-state index contributed by atoms with van der Waals surface area (Å²) in [6.45, 7) is 3.60. The van der Waals surface area contributed by atoms with Crippen LogP contribution in [0.4, 0.5) is 11.5 Å². The largest absolute Gasteiger partial charge is 0.504 e. The molecule has 0 aliphatic carbocycles. The van der Waals surface area contributed by atoms with Gasteiger partial charge in [-0.25, -0.2) is 4.98 Å². The highest BCUT2D eigenvalue weighted by Crippen LogP contribution is 2.23. The van der Waals surface area contributed by atoms with Crippen LogP contribution in [-0.2, 0) is 6.54 Å². The molecule has 2 N–H and O–H groups in total. The van der Waals surface area contributed by atoms with E-state index in [1.165, 1.54) is 12.3 Å². The molecule has 9 heteroatoms. The number of aromatic nitrogens is 3. The number of aromatic hydroxyl groups is 1. The smallest absolute Gasteiger partial charge is 0.312 e. The molecule has 3 rings (SSSR count). The molecule has 0 aliphatic heterocycles. The van der Waals surface area contributed by atoms with Gasteiger partial charge in [-0.05, 0) is 43.7 Å². The second-order valence-electron chi connectivity index (χ2n) is 5.96. The van der Waals surface area contributed by atoms with Crippen molar-refractivity contribution >= 4 is 17.4 Å². The van der Waals surface area contributed by atoms with Crippen molar-refractivity contribution in [2.75, 3.05) is 5.32 Å². The molecule has 0 aliphatic rings. The van der Waals surface area contributed by atoms with Crippen LogP contribution in [0, 0.1) is 24.0 Å². The quantitative estimate of drug-likeness (QED) is 0.528. The van der Waals surface area contributed by atoms with E-state index in [1.54, 1.807) is 48.9 Å². The fraction of sp³-hybridized carbons (Fsp3) is 0.167. The minimum atomic E-state index is -0.436. The van der Waals surface area contributed by atoms with E-state index in [9.17, 15) is 20.0 Å². The van der Waals surface area contributed by atoms with Crippen molar-refractivity contribution < 1.29 is 14.8 Å². The maximum Gasteiger partial charge on any atom is 0.312 e. The Hall–Kier alpha value is -3.75. The first-order valence-corrected chi connectivity index (χ1v) is 8.09. The van der Waals surface area contributed by atoms with Crippen LogP contribution >= 0.6 is 0 Å². The zero-order valence-electron chi connectivity index (χ0n) is 14.7. The maximum atomic E-state index is 12.3. The van der Waals surface area contributed by atoms with E-state index in [1.807, 2.05) is 0 Å². The van der Waals surface area contributed by atoms with Gasteiger partial charge in [0.05, 0.1) is 11.5 Å². The fourth-order valence-electron chi connectivity index (χ4n) is 2.71. The number of nitrogens with zero attached hydrogens (tertiary/aromatic N) is 4. The van der Waals surface area contributed by atoms with Crippen LogP contribution in [0.2, 0.25) is 0 Å². The van der Waals surface area contributed by atoms with E-state index in [2.05, 4.69) is 15.4 Å². The molecule has 138 valence electrons. The Morgan fingerprint density at radius 1 is 1.26 bits per heavy atom. The van der Waals surface area contributed by atoms with E-state index < -0.39 is 10.8 Å². The summed E-state index contributed by atoms with van der Waals surface area (Å²) < 4.78 is 1.56. The van der Waals surface area contributed by atoms with Gasteiger partial charge in [0.15, 0.2) is 11.6 Å². The van der Waals surface area contributed by atoms with Crippen LogP contribution in [0.25, 0.3) is 0 Å². The second kappa shape index (κ2) is 7.24. The number of amides is 1. The van der Waals surface area contributed by atoms with Crippen molar-refractivity contribution in [1.29, 1.82) is 0 Å². The number of rotatable bonds is 5. The lowest BCUT2D eigenvalue weighted by Crippen LogP contribution is -2.13. The number of aryl methyl sites for hydroxylation is 1. The fourth-order valence-corrected chi connectivity index (χ4v) is 2.71. The van der Waals surface area contributed by atoms with Gasteiger partial charge in [0.2, 0.25) is 0 Å². The van der Waals surface area contributed by atoms with Crippen LogP contribution in [-0.4, -0.2) is 30.7 Å². The first-order valence-electron chi connectivity index (χ1n) is 8.09. The molecule has 1 aromatic carbocycles. The maximum absolute atomic E-state index is 12.3. The lowest BCUT2D eigenvalue weighted by molar-refractivity contribution is -0.386. The van der Waals surface area contributed by atoms with Crippen molar-refractivity contribution in [1.82, 2.24) is 14.8 Å². The summed E-state index contributed by atoms with van der Waals surface area (Å²) in [5, 5.41) is 27.5. The third-order valence-electron chi connectivity index (χ3n) is 4.09. The van der Waals surface area contributed by atoms with Gasteiger partial charge in [-0.2, -0.15) is 5.10 Å². The number of pyridine rings is 1. The molecule has 3 aromatic rings. The zero-order valence-corrected chi connectivity index (χ0v) is 14.7. The molecule has 2 aromatic heterocycles. The number of hydrogen-bond donors (Lipinski definition) is 2. The molecule has 0 unspecified atom stereocenters. The number of hydrogen-bond acceptors (Lipinski definition) is 6. The van der Waals surface area contributed by atoms with Gasteiger partial charge in [0, 0.05) is 11.8 Å². The lowest BCUT2D eigenvalue weighted by atomic mass is 10.1. The molecular formula is C18H17N5O4. The van der Waals surface area contributed by atoms with Gasteiger partial charge in [-0.3, -0.25) is 19.6 Å². The normalized spacial score (nSPS) is 10.6. The van der Waals surface area contributed by atoms with Gasteiger partial charge >= 0.3 is 5.69 Å². The Labute approximate surface area is 154 Å². The van der Waals surface area contributed by atoms with E-state index in [4.69, 9.17) is 0 Å². The van der Waals surface area contributed by atoms with Crippen LogP contribution in [0.3, 0.4) is 0 Å². The second-order valence-corrected chi connectivity index (χ2v) is 5.96. The molecule has 0 bridgehead atoms. The van der Waals surface area contributed by atoms with Gasteiger partial charge < -0.3 is 10.4 Å². The molecular weight excluding hydrogens is 350 g/mol. The monoisotopic (exact) mass is 367 g/mol. The van der Waals surface area contributed by atoms with Gasteiger partial charge in [-0.15, -0.1) is 0 Å². The molecule has 0 fully saturated rings. The third kappa shape index (κ3) is 3.76. The van der Waals surface area contributed by atoms with E-state index in [-0.39, 0.29) is 17.3 Å². The highest BCUT2D eigenvalue weighted by molar-refractivity contribution is 6.04. The van der Waals surface area contributed by atoms with Crippen LogP contribution < -0.4 is 5.32 Å². The summed E-state index contributed by atoms with van der Waals surface area (Å²) in [5.74, 6) is -0.438. The highest BCUT2D eigenvalue weighted by Gasteiger charge is 2.21. The van der Waals surface area contributed by atoms with Crippen LogP contribution in [0.5, 0.6) is 5.75 Å². The molecule has 0 atom stereocenters. The summed E-state index contributed by atoms with van der Waals surface area (Å²) in [6.07, 6.45) is 1.46. The molecule has 0 saturated carbocycles. The molecule has 0 saturated heterocycles. The first kappa shape index (κ1) is 18.1. The Morgan fingerprint density at radius 2 is 1.96 bits per heavy atom. The lowest BCUT2D eigenvalue weighted by Gasteiger charge is -2.07. The summed E-state index contributed by atoms with van der Waals surface area (Å²) in [4.78, 5) is 26.8. The topological polar surface area (TPSA) is 123 Å². The average molecular weight is 367 g/mol. The van der Waals surface area contributed by atoms with Crippen molar-refractivity contribution in [3.05, 3.63) is 75.2 Å². The Balaban J connectivity index is 1.74. The first-order chi connectivity index (χ1) is 12.9. The molecule has 2 heterocycles.